The minimum absolute atomic E-state index is 0.0518. The van der Waals surface area contributed by atoms with Crippen molar-refractivity contribution >= 4 is 11.7 Å². The summed E-state index contributed by atoms with van der Waals surface area (Å²) in [4.78, 5) is 14.0. The topological polar surface area (TPSA) is 64.8 Å². The number of carbonyl (C=O) groups is 1. The number of rotatable bonds is 6. The molecule has 1 heterocycles. The van der Waals surface area contributed by atoms with Crippen molar-refractivity contribution in [1.29, 1.82) is 0 Å². The van der Waals surface area contributed by atoms with Crippen molar-refractivity contribution in [2.24, 2.45) is 5.73 Å². The van der Waals surface area contributed by atoms with E-state index in [1.54, 1.807) is 13.0 Å². The predicted molar refractivity (Wildman–Crippen MR) is 77.8 cm³/mol. The quantitative estimate of drug-likeness (QED) is 0.803. The van der Waals surface area contributed by atoms with Gasteiger partial charge in [-0.15, -0.1) is 0 Å². The highest BCUT2D eigenvalue weighted by Crippen LogP contribution is 2.27. The van der Waals surface area contributed by atoms with Crippen LogP contribution >= 0.6 is 0 Å². The van der Waals surface area contributed by atoms with Gasteiger partial charge in [-0.1, -0.05) is 6.07 Å². The van der Waals surface area contributed by atoms with Crippen LogP contribution in [0, 0.1) is 0 Å². The van der Waals surface area contributed by atoms with Gasteiger partial charge in [-0.2, -0.15) is 0 Å². The largest absolute Gasteiger partial charge is 0.462 e. The van der Waals surface area contributed by atoms with Gasteiger partial charge in [-0.25, -0.2) is 4.79 Å². The number of anilines is 1. The van der Waals surface area contributed by atoms with E-state index in [2.05, 4.69) is 4.90 Å². The molecule has 0 bridgehead atoms. The molecule has 1 aromatic carbocycles. The summed E-state index contributed by atoms with van der Waals surface area (Å²) in [6.07, 6.45) is 2.12. The molecule has 0 aromatic heterocycles. The van der Waals surface area contributed by atoms with Crippen LogP contribution in [-0.2, 0) is 9.47 Å². The Morgan fingerprint density at radius 2 is 2.35 bits per heavy atom. The molecule has 2 N–H and O–H groups in total. The summed E-state index contributed by atoms with van der Waals surface area (Å²) in [6, 6.07) is 7.50. The Morgan fingerprint density at radius 3 is 3.10 bits per heavy atom. The van der Waals surface area contributed by atoms with E-state index in [1.165, 1.54) is 0 Å². The molecule has 1 aromatic rings. The van der Waals surface area contributed by atoms with Crippen molar-refractivity contribution in [3.63, 3.8) is 0 Å². The van der Waals surface area contributed by atoms with E-state index in [-0.39, 0.29) is 12.2 Å². The molecule has 5 nitrogen and oxygen atoms in total. The number of ether oxygens (including phenoxy) is 2. The highest BCUT2D eigenvalue weighted by molar-refractivity contribution is 5.90. The zero-order valence-electron chi connectivity index (χ0n) is 11.9. The summed E-state index contributed by atoms with van der Waals surface area (Å²) in [5.41, 5.74) is 7.06. The van der Waals surface area contributed by atoms with Gasteiger partial charge in [-0.05, 0) is 38.0 Å². The predicted octanol–water partition coefficient (Wildman–Crippen LogP) is 1.76. The normalized spacial score (nSPS) is 18.3. The molecule has 0 amide bonds. The lowest BCUT2D eigenvalue weighted by Crippen LogP contribution is -2.33. The Balaban J connectivity index is 2.11. The maximum atomic E-state index is 11.8. The van der Waals surface area contributed by atoms with Gasteiger partial charge in [0.15, 0.2) is 0 Å². The van der Waals surface area contributed by atoms with Crippen molar-refractivity contribution in [1.82, 2.24) is 0 Å². The second kappa shape index (κ2) is 7.26. The van der Waals surface area contributed by atoms with E-state index < -0.39 is 0 Å². The lowest BCUT2D eigenvalue weighted by atomic mass is 10.2. The van der Waals surface area contributed by atoms with E-state index in [0.717, 1.165) is 25.1 Å². The lowest BCUT2D eigenvalue weighted by molar-refractivity contribution is 0.0525. The van der Waals surface area contributed by atoms with Gasteiger partial charge in [0.2, 0.25) is 0 Å². The molecule has 0 unspecified atom stereocenters. The van der Waals surface area contributed by atoms with Gasteiger partial charge in [0.25, 0.3) is 0 Å². The average Bonchev–Trinajstić information content (AvgIpc) is 2.94. The molecule has 0 aliphatic carbocycles. The van der Waals surface area contributed by atoms with Crippen molar-refractivity contribution in [2.45, 2.75) is 26.0 Å². The number of carbonyl (C=O) groups excluding carboxylic acids is 1. The first-order valence-electron chi connectivity index (χ1n) is 7.11. The Kier molecular flexibility index (Phi) is 5.38. The highest BCUT2D eigenvalue weighted by Gasteiger charge is 2.25. The Morgan fingerprint density at radius 1 is 1.50 bits per heavy atom. The second-order valence-corrected chi connectivity index (χ2v) is 4.72. The first kappa shape index (κ1) is 14.8. The molecule has 1 aliphatic rings. The van der Waals surface area contributed by atoms with Crippen molar-refractivity contribution in [2.75, 3.05) is 31.2 Å². The molecule has 20 heavy (non-hydrogen) atoms. The maximum Gasteiger partial charge on any atom is 0.338 e. The van der Waals surface area contributed by atoms with E-state index in [0.29, 0.717) is 25.3 Å². The van der Waals surface area contributed by atoms with Gasteiger partial charge in [-0.3, -0.25) is 0 Å². The first-order chi connectivity index (χ1) is 9.76. The third-order valence-corrected chi connectivity index (χ3v) is 3.31. The number of nitrogens with two attached hydrogens (primary N) is 1. The Labute approximate surface area is 119 Å². The second-order valence-electron chi connectivity index (χ2n) is 4.72. The molecule has 1 aliphatic heterocycles. The third kappa shape index (κ3) is 3.49. The molecule has 0 spiro atoms. The molecule has 110 valence electrons. The van der Waals surface area contributed by atoms with Crippen LogP contribution < -0.4 is 10.6 Å². The van der Waals surface area contributed by atoms with Crippen LogP contribution in [0.15, 0.2) is 24.3 Å². The molecule has 0 saturated carbocycles. The highest BCUT2D eigenvalue weighted by atomic mass is 16.5. The molecular formula is C15H22N2O3. The summed E-state index contributed by atoms with van der Waals surface area (Å²) in [5, 5.41) is 0. The SMILES string of the molecule is CCOC(=O)c1cccc(N2CCC[C@@H]2OCCN)c1. The van der Waals surface area contributed by atoms with Crippen LogP contribution in [0.1, 0.15) is 30.1 Å². The Hall–Kier alpha value is -1.59. The number of hydrogen-bond acceptors (Lipinski definition) is 5. The summed E-state index contributed by atoms with van der Waals surface area (Å²) in [6.45, 7) is 4.20. The van der Waals surface area contributed by atoms with Crippen LogP contribution in [0.4, 0.5) is 5.69 Å². The number of esters is 1. The molecule has 1 atom stereocenters. The molecular weight excluding hydrogens is 256 g/mol. The van der Waals surface area contributed by atoms with E-state index in [1.807, 2.05) is 18.2 Å². The fourth-order valence-electron chi connectivity index (χ4n) is 2.43. The van der Waals surface area contributed by atoms with Crippen LogP contribution in [0.5, 0.6) is 0 Å². The zero-order valence-corrected chi connectivity index (χ0v) is 11.9. The fourth-order valence-corrected chi connectivity index (χ4v) is 2.43. The Bertz CT molecular complexity index is 450. The minimum atomic E-state index is -0.284. The van der Waals surface area contributed by atoms with Gasteiger partial charge in [0.1, 0.15) is 6.23 Å². The molecule has 1 fully saturated rings. The van der Waals surface area contributed by atoms with Crippen molar-refractivity contribution in [3.8, 4) is 0 Å². The number of hydrogen-bond donors (Lipinski definition) is 1. The summed E-state index contributed by atoms with van der Waals surface area (Å²) >= 11 is 0. The first-order valence-corrected chi connectivity index (χ1v) is 7.11. The summed E-state index contributed by atoms with van der Waals surface area (Å²) < 4.78 is 10.8. The molecule has 5 heteroatoms. The number of nitrogens with zero attached hydrogens (tertiary/aromatic N) is 1. The van der Waals surface area contributed by atoms with E-state index in [9.17, 15) is 4.79 Å². The van der Waals surface area contributed by atoms with E-state index in [4.69, 9.17) is 15.2 Å². The van der Waals surface area contributed by atoms with Crippen LogP contribution in [0.25, 0.3) is 0 Å². The molecule has 0 radical (unpaired) electrons. The molecule has 2 rings (SSSR count). The standard InChI is InChI=1S/C15H22N2O3/c1-2-19-15(18)12-5-3-6-13(11-12)17-9-4-7-14(17)20-10-8-16/h3,5-6,11,14H,2,4,7-10,16H2,1H3/t14-/m0/s1. The smallest absolute Gasteiger partial charge is 0.338 e. The van der Waals surface area contributed by atoms with Gasteiger partial charge in [0, 0.05) is 18.8 Å². The maximum absolute atomic E-state index is 11.8. The fraction of sp³-hybridized carbons (Fsp3) is 0.533. The van der Waals surface area contributed by atoms with Gasteiger partial charge >= 0.3 is 5.97 Å². The lowest BCUT2D eigenvalue weighted by Gasteiger charge is -2.27. The van der Waals surface area contributed by atoms with E-state index >= 15 is 0 Å². The molecule has 1 saturated heterocycles. The van der Waals surface area contributed by atoms with Crippen molar-refractivity contribution < 1.29 is 14.3 Å². The average molecular weight is 278 g/mol. The summed E-state index contributed by atoms with van der Waals surface area (Å²) in [7, 11) is 0. The van der Waals surface area contributed by atoms with Crippen LogP contribution in [0.3, 0.4) is 0 Å². The van der Waals surface area contributed by atoms with Gasteiger partial charge in [0.05, 0.1) is 18.8 Å². The monoisotopic (exact) mass is 278 g/mol. The zero-order chi connectivity index (χ0) is 14.4. The van der Waals surface area contributed by atoms with Gasteiger partial charge < -0.3 is 20.1 Å². The number of benzene rings is 1. The summed E-state index contributed by atoms with van der Waals surface area (Å²) in [5.74, 6) is -0.284. The van der Waals surface area contributed by atoms with Crippen molar-refractivity contribution in [3.05, 3.63) is 29.8 Å². The minimum Gasteiger partial charge on any atom is -0.462 e. The van der Waals surface area contributed by atoms with Crippen LogP contribution in [-0.4, -0.2) is 38.5 Å². The van der Waals surface area contributed by atoms with Crippen LogP contribution in [0.2, 0.25) is 0 Å². The third-order valence-electron chi connectivity index (χ3n) is 3.31.